The van der Waals surface area contributed by atoms with Gasteiger partial charge in [0.15, 0.2) is 0 Å². The molecule has 1 N–H and O–H groups in total. The molecule has 1 fully saturated rings. The molecule has 2 heterocycles. The van der Waals surface area contributed by atoms with Crippen molar-refractivity contribution in [3.63, 3.8) is 0 Å². The second-order valence-corrected chi connectivity index (χ2v) is 7.75. The predicted octanol–water partition coefficient (Wildman–Crippen LogP) is 2.45. The number of carbonyl (C=O) groups is 2. The van der Waals surface area contributed by atoms with Crippen molar-refractivity contribution in [2.45, 2.75) is 32.2 Å². The number of ether oxygens (including phenoxy) is 1. The van der Waals surface area contributed by atoms with Crippen LogP contribution in [-0.4, -0.2) is 54.5 Å². The number of rotatable bonds is 5. The average Bonchev–Trinajstić information content (AvgIpc) is 3.15. The van der Waals surface area contributed by atoms with E-state index in [9.17, 15) is 9.59 Å². The molecule has 144 valence electrons. The molecule has 6 nitrogen and oxygen atoms in total. The summed E-state index contributed by atoms with van der Waals surface area (Å²) in [4.78, 5) is 30.9. The lowest BCUT2D eigenvalue weighted by Crippen LogP contribution is -2.55. The van der Waals surface area contributed by atoms with E-state index in [0.29, 0.717) is 19.1 Å². The number of hydrogen-bond acceptors (Lipinski definition) is 5. The fraction of sp³-hybridized carbons (Fsp3) is 0.450. The first-order chi connectivity index (χ1) is 13.0. The lowest BCUT2D eigenvalue weighted by atomic mass is 10.0. The molecule has 0 aliphatic carbocycles. The number of hydrogen-bond donors (Lipinski definition) is 1. The maximum Gasteiger partial charge on any atom is 0.244 e. The van der Waals surface area contributed by atoms with Crippen LogP contribution in [0.5, 0.6) is 0 Å². The lowest BCUT2D eigenvalue weighted by Gasteiger charge is -2.34. The summed E-state index contributed by atoms with van der Waals surface area (Å²) in [7, 11) is 1.57. The maximum atomic E-state index is 12.7. The molecule has 1 aliphatic heterocycles. The number of nitrogens with zero attached hydrogens (tertiary/aromatic N) is 2. The van der Waals surface area contributed by atoms with Gasteiger partial charge in [-0.3, -0.25) is 9.59 Å². The monoisotopic (exact) mass is 387 g/mol. The predicted molar refractivity (Wildman–Crippen MR) is 106 cm³/mol. The highest BCUT2D eigenvalue weighted by atomic mass is 32.1. The van der Waals surface area contributed by atoms with E-state index < -0.39 is 6.04 Å². The normalized spacial score (nSPS) is 17.2. The fourth-order valence-corrected chi connectivity index (χ4v) is 3.90. The highest BCUT2D eigenvalue weighted by Crippen LogP contribution is 2.26. The minimum Gasteiger partial charge on any atom is -0.377 e. The molecule has 0 bridgehead atoms. The van der Waals surface area contributed by atoms with Crippen molar-refractivity contribution in [2.75, 3.05) is 26.8 Å². The molecule has 1 aromatic heterocycles. The molecule has 1 unspecified atom stereocenters. The van der Waals surface area contributed by atoms with Gasteiger partial charge in [0.05, 0.1) is 25.3 Å². The molecule has 1 aliphatic rings. The molecule has 0 spiro atoms. The topological polar surface area (TPSA) is 71.5 Å². The third-order valence-corrected chi connectivity index (χ3v) is 5.65. The van der Waals surface area contributed by atoms with E-state index in [1.165, 1.54) is 16.9 Å². The first kappa shape index (κ1) is 19.5. The summed E-state index contributed by atoms with van der Waals surface area (Å²) in [6.45, 7) is 5.43. The third kappa shape index (κ3) is 4.54. The molecule has 0 saturated carbocycles. The molecule has 3 rings (SSSR count). The minimum absolute atomic E-state index is 0.0982. The van der Waals surface area contributed by atoms with Gasteiger partial charge in [-0.2, -0.15) is 0 Å². The zero-order chi connectivity index (χ0) is 19.4. The van der Waals surface area contributed by atoms with E-state index >= 15 is 0 Å². The first-order valence-corrected chi connectivity index (χ1v) is 10.0. The number of thiazole rings is 1. The number of benzene rings is 1. The van der Waals surface area contributed by atoms with Crippen LogP contribution >= 0.6 is 11.3 Å². The van der Waals surface area contributed by atoms with Crippen LogP contribution in [0.4, 0.5) is 0 Å². The molecular weight excluding hydrogens is 362 g/mol. The van der Waals surface area contributed by atoms with Crippen LogP contribution in [0.3, 0.4) is 0 Å². The Balaban J connectivity index is 1.69. The van der Waals surface area contributed by atoms with Gasteiger partial charge in [-0.25, -0.2) is 4.98 Å². The van der Waals surface area contributed by atoms with Crippen LogP contribution < -0.4 is 5.32 Å². The van der Waals surface area contributed by atoms with E-state index in [1.54, 1.807) is 11.9 Å². The van der Waals surface area contributed by atoms with Crippen LogP contribution in [0.15, 0.2) is 29.6 Å². The van der Waals surface area contributed by atoms with Gasteiger partial charge in [-0.05, 0) is 11.5 Å². The van der Waals surface area contributed by atoms with Crippen LogP contribution in [0, 0.1) is 0 Å². The number of nitrogens with one attached hydrogen (secondary N) is 1. The Bertz CT molecular complexity index is 801. The first-order valence-electron chi connectivity index (χ1n) is 9.13. The van der Waals surface area contributed by atoms with Gasteiger partial charge in [-0.1, -0.05) is 38.1 Å². The van der Waals surface area contributed by atoms with Crippen LogP contribution in [0.25, 0.3) is 10.6 Å². The molecule has 2 amide bonds. The Kier molecular flexibility index (Phi) is 6.23. The van der Waals surface area contributed by atoms with Gasteiger partial charge >= 0.3 is 0 Å². The van der Waals surface area contributed by atoms with E-state index in [1.807, 2.05) is 5.38 Å². The third-order valence-electron chi connectivity index (χ3n) is 4.71. The Morgan fingerprint density at radius 3 is 2.74 bits per heavy atom. The highest BCUT2D eigenvalue weighted by Gasteiger charge is 2.32. The molecule has 1 aromatic carbocycles. The zero-order valence-electron chi connectivity index (χ0n) is 15.9. The Morgan fingerprint density at radius 2 is 2.07 bits per heavy atom. The summed E-state index contributed by atoms with van der Waals surface area (Å²) in [5.74, 6) is 0.191. The van der Waals surface area contributed by atoms with Crippen molar-refractivity contribution >= 4 is 23.2 Å². The van der Waals surface area contributed by atoms with Crippen molar-refractivity contribution in [3.8, 4) is 10.6 Å². The van der Waals surface area contributed by atoms with Gasteiger partial charge < -0.3 is 15.0 Å². The summed E-state index contributed by atoms with van der Waals surface area (Å²) in [5, 5.41) is 5.41. The second-order valence-electron chi connectivity index (χ2n) is 6.89. The van der Waals surface area contributed by atoms with Gasteiger partial charge in [0.25, 0.3) is 0 Å². The Labute approximate surface area is 163 Å². The second kappa shape index (κ2) is 8.63. The van der Waals surface area contributed by atoms with Crippen molar-refractivity contribution in [1.29, 1.82) is 0 Å². The van der Waals surface area contributed by atoms with Gasteiger partial charge in [0.2, 0.25) is 11.8 Å². The minimum atomic E-state index is -0.571. The van der Waals surface area contributed by atoms with E-state index in [4.69, 9.17) is 4.74 Å². The molecular formula is C20H25N3O3S. The summed E-state index contributed by atoms with van der Waals surface area (Å²) in [6.07, 6.45) is 0.189. The number of carbonyl (C=O) groups excluding carboxylic acids is 2. The van der Waals surface area contributed by atoms with Crippen LogP contribution in [-0.2, 0) is 20.7 Å². The summed E-state index contributed by atoms with van der Waals surface area (Å²) in [5.41, 5.74) is 3.08. The molecule has 1 atom stereocenters. The molecule has 2 aromatic rings. The molecule has 1 saturated heterocycles. The van der Waals surface area contributed by atoms with E-state index in [2.05, 4.69) is 48.4 Å². The van der Waals surface area contributed by atoms with Gasteiger partial charge in [0, 0.05) is 24.5 Å². The number of likely N-dealkylation sites (N-methyl/N-ethyl adjacent to an activating group) is 1. The number of aromatic nitrogens is 1. The van der Waals surface area contributed by atoms with Crippen molar-refractivity contribution < 1.29 is 14.3 Å². The van der Waals surface area contributed by atoms with Crippen molar-refractivity contribution in [2.24, 2.45) is 0 Å². The van der Waals surface area contributed by atoms with Gasteiger partial charge in [0.1, 0.15) is 11.0 Å². The Hall–Kier alpha value is -2.25. The highest BCUT2D eigenvalue weighted by molar-refractivity contribution is 7.13. The molecule has 27 heavy (non-hydrogen) atoms. The largest absolute Gasteiger partial charge is 0.377 e. The number of morpholine rings is 1. The quantitative estimate of drug-likeness (QED) is 0.855. The zero-order valence-corrected chi connectivity index (χ0v) is 16.7. The average molecular weight is 388 g/mol. The van der Waals surface area contributed by atoms with Crippen LogP contribution in [0.1, 0.15) is 31.0 Å². The smallest absolute Gasteiger partial charge is 0.244 e. The molecule has 7 heteroatoms. The Morgan fingerprint density at radius 1 is 1.33 bits per heavy atom. The van der Waals surface area contributed by atoms with E-state index in [-0.39, 0.29) is 24.8 Å². The SMILES string of the molecule is CNC(=O)C1COCCN1C(=O)Cc1csc(-c2ccc(C(C)C)cc2)n1. The van der Waals surface area contributed by atoms with Gasteiger partial charge in [-0.15, -0.1) is 11.3 Å². The molecule has 0 radical (unpaired) electrons. The summed E-state index contributed by atoms with van der Waals surface area (Å²) >= 11 is 1.53. The summed E-state index contributed by atoms with van der Waals surface area (Å²) in [6, 6.07) is 7.81. The summed E-state index contributed by atoms with van der Waals surface area (Å²) < 4.78 is 5.36. The number of amides is 2. The maximum absolute atomic E-state index is 12.7. The van der Waals surface area contributed by atoms with E-state index in [0.717, 1.165) is 16.3 Å². The lowest BCUT2D eigenvalue weighted by molar-refractivity contribution is -0.147. The standard InChI is InChI=1S/C20H25N3O3S/c1-13(2)14-4-6-15(7-5-14)20-22-16(12-27-20)10-18(24)23-8-9-26-11-17(23)19(25)21-3/h4-7,12-13,17H,8-11H2,1-3H3,(H,21,25). The fourth-order valence-electron chi connectivity index (χ4n) is 3.07. The van der Waals surface area contributed by atoms with Crippen molar-refractivity contribution in [3.05, 3.63) is 40.9 Å². The van der Waals surface area contributed by atoms with Crippen molar-refractivity contribution in [1.82, 2.24) is 15.2 Å². The van der Waals surface area contributed by atoms with Crippen LogP contribution in [0.2, 0.25) is 0 Å².